The molecule has 4 heterocycles. The number of rotatable bonds is 5. The molecule has 2 fully saturated rings. The van der Waals surface area contributed by atoms with Crippen LogP contribution in [0.15, 0.2) is 29.3 Å². The average molecular weight is 465 g/mol. The van der Waals surface area contributed by atoms with Crippen LogP contribution in [-0.2, 0) is 10.0 Å². The standard InChI is InChI=1S/C21H28N4O2S3/c1-2-25-10-8-21(9-11-25)14-22-20(29-21)17-13-15-5-3-6-16(19(15)23-17)24-30(26,27)18-7-4-12-28-18/h3,5-6,13,18,23-24H,2,4,7-12,14H2,1H3. The highest BCUT2D eigenvalue weighted by atomic mass is 32.3. The zero-order chi connectivity index (χ0) is 20.8. The van der Waals surface area contributed by atoms with Gasteiger partial charge in [0.25, 0.3) is 0 Å². The maximum atomic E-state index is 12.8. The molecule has 5 rings (SSSR count). The maximum absolute atomic E-state index is 12.8. The fraction of sp³-hybridized carbons (Fsp3) is 0.571. The lowest BCUT2D eigenvalue weighted by atomic mass is 9.96. The number of likely N-dealkylation sites (tertiary alicyclic amines) is 1. The Labute approximate surface area is 186 Å². The normalized spacial score (nSPS) is 24.6. The molecule has 3 aliphatic rings. The van der Waals surface area contributed by atoms with Crippen LogP contribution >= 0.6 is 23.5 Å². The first-order valence-electron chi connectivity index (χ1n) is 10.7. The summed E-state index contributed by atoms with van der Waals surface area (Å²) in [6.45, 7) is 6.50. The summed E-state index contributed by atoms with van der Waals surface area (Å²) in [5, 5.41) is 2.06. The SMILES string of the molecule is CCN1CCC2(CC1)CN=C(c1cc3cccc(NS(=O)(=O)C4CCCS4)c3[nH]1)S2. The van der Waals surface area contributed by atoms with Gasteiger partial charge in [0.1, 0.15) is 9.63 Å². The molecule has 2 saturated heterocycles. The number of thioether (sulfide) groups is 2. The van der Waals surface area contributed by atoms with Crippen molar-refractivity contribution in [2.24, 2.45) is 4.99 Å². The van der Waals surface area contributed by atoms with E-state index in [0.29, 0.717) is 5.69 Å². The number of aromatic nitrogens is 1. The zero-order valence-electron chi connectivity index (χ0n) is 17.2. The van der Waals surface area contributed by atoms with Crippen molar-refractivity contribution >= 4 is 55.2 Å². The molecule has 2 N–H and O–H groups in total. The highest BCUT2D eigenvalue weighted by molar-refractivity contribution is 8.16. The smallest absolute Gasteiger partial charge is 0.245 e. The molecular formula is C21H28N4O2S3. The van der Waals surface area contributed by atoms with Gasteiger partial charge in [-0.25, -0.2) is 8.42 Å². The summed E-state index contributed by atoms with van der Waals surface area (Å²) in [4.78, 5) is 10.9. The van der Waals surface area contributed by atoms with Crippen LogP contribution in [0.4, 0.5) is 5.69 Å². The minimum atomic E-state index is -3.39. The van der Waals surface area contributed by atoms with Gasteiger partial charge < -0.3 is 9.88 Å². The summed E-state index contributed by atoms with van der Waals surface area (Å²) < 4.78 is 28.3. The van der Waals surface area contributed by atoms with E-state index in [1.807, 2.05) is 30.0 Å². The van der Waals surface area contributed by atoms with E-state index in [2.05, 4.69) is 27.6 Å². The summed E-state index contributed by atoms with van der Waals surface area (Å²) in [6.07, 6.45) is 4.02. The lowest BCUT2D eigenvalue weighted by Gasteiger charge is -2.37. The van der Waals surface area contributed by atoms with Gasteiger partial charge in [-0.15, -0.1) is 11.8 Å². The van der Waals surface area contributed by atoms with Crippen LogP contribution < -0.4 is 4.72 Å². The second-order valence-electron chi connectivity index (χ2n) is 8.38. The van der Waals surface area contributed by atoms with Crippen molar-refractivity contribution in [2.75, 3.05) is 36.7 Å². The van der Waals surface area contributed by atoms with Gasteiger partial charge >= 0.3 is 0 Å². The molecule has 0 aliphatic carbocycles. The van der Waals surface area contributed by atoms with Crippen LogP contribution in [-0.4, -0.2) is 64.6 Å². The third-order valence-electron chi connectivity index (χ3n) is 6.41. The molecular weight excluding hydrogens is 436 g/mol. The van der Waals surface area contributed by atoms with Crippen molar-refractivity contribution in [1.29, 1.82) is 0 Å². The Morgan fingerprint density at radius 2 is 2.17 bits per heavy atom. The molecule has 3 aliphatic heterocycles. The average Bonchev–Trinajstić information content (AvgIpc) is 3.49. The van der Waals surface area contributed by atoms with Gasteiger partial charge in [0.05, 0.1) is 23.4 Å². The largest absolute Gasteiger partial charge is 0.351 e. The predicted octanol–water partition coefficient (Wildman–Crippen LogP) is 4.11. The quantitative estimate of drug-likeness (QED) is 0.696. The van der Waals surface area contributed by atoms with E-state index in [4.69, 9.17) is 4.99 Å². The van der Waals surface area contributed by atoms with Crippen LogP contribution in [0.25, 0.3) is 10.9 Å². The Hall–Kier alpha value is -1.16. The van der Waals surface area contributed by atoms with E-state index < -0.39 is 10.0 Å². The number of aliphatic imine (C=N–C) groups is 1. The molecule has 0 saturated carbocycles. The van der Waals surface area contributed by atoms with Gasteiger partial charge in [0.15, 0.2) is 0 Å². The van der Waals surface area contributed by atoms with Gasteiger partial charge in [-0.3, -0.25) is 9.71 Å². The predicted molar refractivity (Wildman–Crippen MR) is 129 cm³/mol. The fourth-order valence-electron chi connectivity index (χ4n) is 4.53. The Bertz CT molecular complexity index is 1070. The molecule has 162 valence electrons. The van der Waals surface area contributed by atoms with Crippen LogP contribution in [0.2, 0.25) is 0 Å². The monoisotopic (exact) mass is 464 g/mol. The molecule has 1 aromatic heterocycles. The Balaban J connectivity index is 1.37. The first-order chi connectivity index (χ1) is 14.5. The van der Waals surface area contributed by atoms with Crippen LogP contribution in [0.5, 0.6) is 0 Å². The first kappa shape index (κ1) is 20.7. The number of nitrogens with zero attached hydrogens (tertiary/aromatic N) is 2. The number of hydrogen-bond acceptors (Lipinski definition) is 6. The van der Waals surface area contributed by atoms with Gasteiger partial charge in [0, 0.05) is 10.1 Å². The fourth-order valence-corrected chi connectivity index (χ4v) is 8.97. The highest BCUT2D eigenvalue weighted by Crippen LogP contribution is 2.43. The number of nitrogens with one attached hydrogen (secondary N) is 2. The summed E-state index contributed by atoms with van der Waals surface area (Å²) in [5.41, 5.74) is 2.46. The van der Waals surface area contributed by atoms with Crippen LogP contribution in [0.3, 0.4) is 0 Å². The van der Waals surface area contributed by atoms with Gasteiger partial charge in [-0.1, -0.05) is 30.8 Å². The van der Waals surface area contributed by atoms with Gasteiger partial charge in [0.2, 0.25) is 10.0 Å². The molecule has 2 aromatic rings. The third kappa shape index (κ3) is 3.89. The second kappa shape index (κ2) is 8.07. The second-order valence-corrected chi connectivity index (χ2v) is 13.3. The van der Waals surface area contributed by atoms with Crippen molar-refractivity contribution in [2.45, 2.75) is 41.9 Å². The van der Waals surface area contributed by atoms with Crippen molar-refractivity contribution in [3.05, 3.63) is 30.0 Å². The molecule has 1 aromatic carbocycles. The van der Waals surface area contributed by atoms with Crippen LogP contribution in [0, 0.1) is 0 Å². The molecule has 30 heavy (non-hydrogen) atoms. The topological polar surface area (TPSA) is 77.6 Å². The number of piperidine rings is 1. The molecule has 1 spiro atoms. The summed E-state index contributed by atoms with van der Waals surface area (Å²) >= 11 is 3.43. The van der Waals surface area contributed by atoms with E-state index in [1.54, 1.807) is 0 Å². The van der Waals surface area contributed by atoms with Crippen molar-refractivity contribution < 1.29 is 8.42 Å². The molecule has 9 heteroatoms. The Morgan fingerprint density at radius 1 is 1.33 bits per heavy atom. The van der Waals surface area contributed by atoms with Gasteiger partial charge in [-0.05, 0) is 63.2 Å². The lowest BCUT2D eigenvalue weighted by molar-refractivity contribution is 0.213. The number of fused-ring (bicyclic) bond motifs is 1. The molecule has 0 radical (unpaired) electrons. The summed E-state index contributed by atoms with van der Waals surface area (Å²) in [5.74, 6) is 0.914. The molecule has 0 amide bonds. The maximum Gasteiger partial charge on any atom is 0.245 e. The minimum absolute atomic E-state index is 0.225. The Kier molecular flexibility index (Phi) is 5.58. The molecule has 0 bridgehead atoms. The molecule has 6 nitrogen and oxygen atoms in total. The lowest BCUT2D eigenvalue weighted by Crippen LogP contribution is -2.43. The van der Waals surface area contributed by atoms with Crippen molar-refractivity contribution in [3.8, 4) is 0 Å². The highest BCUT2D eigenvalue weighted by Gasteiger charge is 2.40. The molecule has 1 unspecified atom stereocenters. The number of hydrogen-bond donors (Lipinski definition) is 2. The number of aromatic amines is 1. The van der Waals surface area contributed by atoms with Crippen LogP contribution in [0.1, 0.15) is 38.3 Å². The van der Waals surface area contributed by atoms with E-state index in [1.165, 1.54) is 24.6 Å². The number of anilines is 1. The van der Waals surface area contributed by atoms with E-state index in [0.717, 1.165) is 66.4 Å². The third-order valence-corrected chi connectivity index (χ3v) is 11.7. The summed E-state index contributed by atoms with van der Waals surface area (Å²) in [7, 11) is -3.39. The number of para-hydroxylation sites is 1. The first-order valence-corrected chi connectivity index (χ1v) is 14.1. The van der Waals surface area contributed by atoms with E-state index >= 15 is 0 Å². The Morgan fingerprint density at radius 3 is 2.90 bits per heavy atom. The number of sulfonamides is 1. The van der Waals surface area contributed by atoms with Crippen molar-refractivity contribution in [3.63, 3.8) is 0 Å². The van der Waals surface area contributed by atoms with Gasteiger partial charge in [-0.2, -0.15) is 0 Å². The van der Waals surface area contributed by atoms with E-state index in [-0.39, 0.29) is 9.33 Å². The minimum Gasteiger partial charge on any atom is -0.351 e. The van der Waals surface area contributed by atoms with E-state index in [9.17, 15) is 8.42 Å². The molecule has 1 atom stereocenters. The number of H-pyrrole nitrogens is 1. The zero-order valence-corrected chi connectivity index (χ0v) is 19.6. The number of benzene rings is 1. The van der Waals surface area contributed by atoms with Crippen molar-refractivity contribution in [1.82, 2.24) is 9.88 Å². The summed E-state index contributed by atoms with van der Waals surface area (Å²) in [6, 6.07) is 7.87.